The quantitative estimate of drug-likeness (QED) is 0.592. The van der Waals surface area contributed by atoms with E-state index < -0.39 is 5.92 Å². The van der Waals surface area contributed by atoms with E-state index in [0.29, 0.717) is 37.9 Å². The van der Waals surface area contributed by atoms with Crippen LogP contribution < -0.4 is 10.5 Å². The minimum absolute atomic E-state index is 0.00851. The first kappa shape index (κ1) is 18.7. The zero-order valence-electron chi connectivity index (χ0n) is 14.6. The van der Waals surface area contributed by atoms with Crippen molar-refractivity contribution < 1.29 is 4.74 Å². The van der Waals surface area contributed by atoms with Crippen molar-refractivity contribution in [3.05, 3.63) is 85.8 Å². The Morgan fingerprint density at radius 3 is 2.57 bits per heavy atom. The molecule has 0 unspecified atom stereocenters. The van der Waals surface area contributed by atoms with Gasteiger partial charge in [0.25, 0.3) is 0 Å². The average molecular weight is 432 g/mol. The SMILES string of the molecule is Cc1nn(-c2cccc(Cl)c2)c2c1[C@H](c1ccc(Cl)cc1Cl)C(C#N)=C(N)O2. The highest BCUT2D eigenvalue weighted by Gasteiger charge is 2.37. The maximum atomic E-state index is 9.73. The molecule has 3 aromatic rings. The summed E-state index contributed by atoms with van der Waals surface area (Å²) in [5.41, 5.74) is 9.18. The molecule has 140 valence electrons. The van der Waals surface area contributed by atoms with E-state index in [-0.39, 0.29) is 11.5 Å². The smallest absolute Gasteiger partial charge is 0.229 e. The summed E-state index contributed by atoms with van der Waals surface area (Å²) in [6, 6.07) is 14.5. The molecule has 8 heteroatoms. The van der Waals surface area contributed by atoms with Crippen LogP contribution in [0.25, 0.3) is 5.69 Å². The van der Waals surface area contributed by atoms with Crippen LogP contribution in [-0.2, 0) is 0 Å². The van der Waals surface area contributed by atoms with E-state index in [0.717, 1.165) is 5.56 Å². The van der Waals surface area contributed by atoms with Gasteiger partial charge in [0.05, 0.1) is 22.9 Å². The van der Waals surface area contributed by atoms with Gasteiger partial charge in [0.1, 0.15) is 11.6 Å². The van der Waals surface area contributed by atoms with E-state index in [1.165, 1.54) is 0 Å². The number of allylic oxidation sites excluding steroid dienone is 1. The van der Waals surface area contributed by atoms with Crippen molar-refractivity contribution in [1.29, 1.82) is 5.26 Å². The molecule has 0 aliphatic carbocycles. The summed E-state index contributed by atoms with van der Waals surface area (Å²) in [6.45, 7) is 1.84. The summed E-state index contributed by atoms with van der Waals surface area (Å²) in [6.07, 6.45) is 0. The summed E-state index contributed by atoms with van der Waals surface area (Å²) in [4.78, 5) is 0. The van der Waals surface area contributed by atoms with Crippen LogP contribution in [0.4, 0.5) is 0 Å². The first-order valence-electron chi connectivity index (χ1n) is 8.28. The highest BCUT2D eigenvalue weighted by molar-refractivity contribution is 6.35. The third kappa shape index (κ3) is 3.00. The van der Waals surface area contributed by atoms with Gasteiger partial charge >= 0.3 is 0 Å². The number of ether oxygens (including phenoxy) is 1. The standard InChI is InChI=1S/C20H13Cl3N4O/c1-10-17-18(14-6-5-12(22)8-16(14)23)15(9-24)19(25)28-20(17)27(26-10)13-4-2-3-11(21)7-13/h2-8,18H,25H2,1H3/t18-/m1/s1. The molecule has 0 fully saturated rings. The highest BCUT2D eigenvalue weighted by Crippen LogP contribution is 2.46. The average Bonchev–Trinajstić information content (AvgIpc) is 2.97. The third-order valence-corrected chi connectivity index (χ3v) is 5.36. The van der Waals surface area contributed by atoms with Crippen molar-refractivity contribution in [1.82, 2.24) is 9.78 Å². The van der Waals surface area contributed by atoms with Gasteiger partial charge in [0, 0.05) is 15.1 Å². The molecular formula is C20H13Cl3N4O. The molecule has 0 spiro atoms. The normalized spacial score (nSPS) is 15.8. The molecule has 1 aliphatic heterocycles. The van der Waals surface area contributed by atoms with Crippen molar-refractivity contribution in [2.24, 2.45) is 5.73 Å². The molecule has 0 bridgehead atoms. The fourth-order valence-corrected chi connectivity index (χ4v) is 4.05. The lowest BCUT2D eigenvalue weighted by Crippen LogP contribution is -2.22. The molecule has 0 saturated heterocycles. The number of aryl methyl sites for hydroxylation is 1. The van der Waals surface area contributed by atoms with E-state index in [1.54, 1.807) is 35.0 Å². The van der Waals surface area contributed by atoms with E-state index in [1.807, 2.05) is 19.1 Å². The van der Waals surface area contributed by atoms with Gasteiger partial charge in [-0.05, 0) is 42.8 Å². The number of aromatic nitrogens is 2. The summed E-state index contributed by atoms with van der Waals surface area (Å²) in [7, 11) is 0. The van der Waals surface area contributed by atoms with Crippen LogP contribution >= 0.6 is 34.8 Å². The first-order chi connectivity index (χ1) is 13.4. The lowest BCUT2D eigenvalue weighted by molar-refractivity contribution is 0.367. The number of benzene rings is 2. The highest BCUT2D eigenvalue weighted by atomic mass is 35.5. The Bertz CT molecular complexity index is 1180. The molecule has 28 heavy (non-hydrogen) atoms. The maximum absolute atomic E-state index is 9.73. The number of halogens is 3. The zero-order valence-corrected chi connectivity index (χ0v) is 16.8. The second-order valence-corrected chi connectivity index (χ2v) is 7.57. The van der Waals surface area contributed by atoms with Gasteiger partial charge in [-0.1, -0.05) is 46.9 Å². The van der Waals surface area contributed by atoms with Gasteiger partial charge in [0.15, 0.2) is 0 Å². The Kier molecular flexibility index (Phi) is 4.72. The van der Waals surface area contributed by atoms with Crippen LogP contribution in [0.3, 0.4) is 0 Å². The second-order valence-electron chi connectivity index (χ2n) is 6.29. The first-order valence-corrected chi connectivity index (χ1v) is 9.42. The number of nitrogens with zero attached hydrogens (tertiary/aromatic N) is 3. The number of hydrogen-bond acceptors (Lipinski definition) is 4. The van der Waals surface area contributed by atoms with Crippen LogP contribution in [0.2, 0.25) is 15.1 Å². The number of hydrogen-bond donors (Lipinski definition) is 1. The maximum Gasteiger partial charge on any atom is 0.229 e. The molecule has 1 aromatic heterocycles. The molecule has 2 aromatic carbocycles. The predicted octanol–water partition coefficient (Wildman–Crippen LogP) is 5.36. The molecule has 0 amide bonds. The number of fused-ring (bicyclic) bond motifs is 1. The molecule has 5 nitrogen and oxygen atoms in total. The minimum Gasteiger partial charge on any atom is -0.422 e. The monoisotopic (exact) mass is 430 g/mol. The molecular weight excluding hydrogens is 419 g/mol. The number of nitriles is 1. The van der Waals surface area contributed by atoms with Crippen molar-refractivity contribution in [2.75, 3.05) is 0 Å². The van der Waals surface area contributed by atoms with E-state index in [9.17, 15) is 5.26 Å². The molecule has 1 aliphatic rings. The fourth-order valence-electron chi connectivity index (χ4n) is 3.34. The van der Waals surface area contributed by atoms with Crippen molar-refractivity contribution in [2.45, 2.75) is 12.8 Å². The Morgan fingerprint density at radius 1 is 1.14 bits per heavy atom. The van der Waals surface area contributed by atoms with Gasteiger partial charge in [-0.25, -0.2) is 4.68 Å². The number of nitrogens with two attached hydrogens (primary N) is 1. The van der Waals surface area contributed by atoms with Crippen molar-refractivity contribution in [3.8, 4) is 17.6 Å². The Hall–Kier alpha value is -2.65. The van der Waals surface area contributed by atoms with Crippen LogP contribution in [0.1, 0.15) is 22.7 Å². The van der Waals surface area contributed by atoms with Crippen LogP contribution in [0.5, 0.6) is 5.88 Å². The van der Waals surface area contributed by atoms with Gasteiger partial charge in [-0.3, -0.25) is 0 Å². The topological polar surface area (TPSA) is 76.9 Å². The predicted molar refractivity (Wildman–Crippen MR) is 109 cm³/mol. The van der Waals surface area contributed by atoms with Gasteiger partial charge in [-0.15, -0.1) is 0 Å². The van der Waals surface area contributed by atoms with Gasteiger partial charge in [-0.2, -0.15) is 10.4 Å². The molecule has 0 radical (unpaired) electrons. The zero-order chi connectivity index (χ0) is 20.0. The van der Waals surface area contributed by atoms with Crippen molar-refractivity contribution in [3.63, 3.8) is 0 Å². The Morgan fingerprint density at radius 2 is 1.89 bits per heavy atom. The third-order valence-electron chi connectivity index (χ3n) is 4.56. The van der Waals surface area contributed by atoms with Gasteiger partial charge in [0.2, 0.25) is 11.8 Å². The molecule has 4 rings (SSSR count). The summed E-state index contributed by atoms with van der Waals surface area (Å²) < 4.78 is 7.44. The lowest BCUT2D eigenvalue weighted by Gasteiger charge is -2.25. The Balaban J connectivity index is 1.98. The van der Waals surface area contributed by atoms with Crippen LogP contribution in [0.15, 0.2) is 53.9 Å². The molecule has 2 N–H and O–H groups in total. The van der Waals surface area contributed by atoms with Gasteiger partial charge < -0.3 is 10.5 Å². The van der Waals surface area contributed by atoms with Crippen LogP contribution in [0, 0.1) is 18.3 Å². The summed E-state index contributed by atoms with van der Waals surface area (Å²) in [5.74, 6) is -0.0899. The van der Waals surface area contributed by atoms with E-state index >= 15 is 0 Å². The molecule has 1 atom stereocenters. The Labute approximate surface area is 176 Å². The number of rotatable bonds is 2. The summed E-state index contributed by atoms with van der Waals surface area (Å²) in [5, 5.41) is 15.8. The lowest BCUT2D eigenvalue weighted by atomic mass is 9.84. The second kappa shape index (κ2) is 7.06. The van der Waals surface area contributed by atoms with Crippen molar-refractivity contribution >= 4 is 34.8 Å². The summed E-state index contributed by atoms with van der Waals surface area (Å²) >= 11 is 18.6. The molecule has 2 heterocycles. The molecule has 0 saturated carbocycles. The minimum atomic E-state index is -0.522. The largest absolute Gasteiger partial charge is 0.422 e. The van der Waals surface area contributed by atoms with Crippen LogP contribution in [-0.4, -0.2) is 9.78 Å². The van der Waals surface area contributed by atoms with E-state index in [4.69, 9.17) is 45.3 Å². The van der Waals surface area contributed by atoms with E-state index in [2.05, 4.69) is 11.2 Å². The fraction of sp³-hybridized carbons (Fsp3) is 0.100.